The van der Waals surface area contributed by atoms with Gasteiger partial charge in [-0.1, -0.05) is 36.4 Å². The van der Waals surface area contributed by atoms with Crippen molar-refractivity contribution in [3.8, 4) is 11.5 Å². The smallest absolute Gasteiger partial charge is 0.407 e. The van der Waals surface area contributed by atoms with Crippen molar-refractivity contribution in [1.29, 1.82) is 0 Å². The summed E-state index contributed by atoms with van der Waals surface area (Å²) in [7, 11) is 2.69. The molecule has 3 N–H and O–H groups in total. The second-order valence-corrected chi connectivity index (χ2v) is 7.38. The standard InChI is InChI=1S/C25H24F3N3O4/c1-34-20-13-12-16(14-21(20)35-2)23(25(26,27)28)29-15-22(32)31-19-11-7-6-10-18(19)24(33)30-17-8-4-3-5-9-17/h3-14,23,29H,15H2,1-2H3,(H,30,33)(H,31,32)/t23-/m0/s1. The average Bonchev–Trinajstić information content (AvgIpc) is 2.84. The summed E-state index contributed by atoms with van der Waals surface area (Å²) < 4.78 is 51.4. The van der Waals surface area contributed by atoms with Crippen molar-refractivity contribution >= 4 is 23.2 Å². The highest BCUT2D eigenvalue weighted by atomic mass is 19.4. The van der Waals surface area contributed by atoms with Crippen LogP contribution in [0.5, 0.6) is 11.5 Å². The van der Waals surface area contributed by atoms with Crippen molar-refractivity contribution < 1.29 is 32.2 Å². The van der Waals surface area contributed by atoms with Crippen LogP contribution in [0.25, 0.3) is 0 Å². The van der Waals surface area contributed by atoms with Crippen molar-refractivity contribution in [3.63, 3.8) is 0 Å². The molecule has 0 fully saturated rings. The molecular formula is C25H24F3N3O4. The maximum absolute atomic E-state index is 13.8. The fourth-order valence-electron chi connectivity index (χ4n) is 3.35. The van der Waals surface area contributed by atoms with Crippen LogP contribution in [0.4, 0.5) is 24.5 Å². The van der Waals surface area contributed by atoms with Crippen LogP contribution in [0.3, 0.4) is 0 Å². The third-order valence-corrected chi connectivity index (χ3v) is 5.01. The highest BCUT2D eigenvalue weighted by Crippen LogP contribution is 2.37. The van der Waals surface area contributed by atoms with Crippen LogP contribution in [0.2, 0.25) is 0 Å². The quantitative estimate of drug-likeness (QED) is 0.404. The Bertz CT molecular complexity index is 1170. The Morgan fingerprint density at radius 2 is 1.51 bits per heavy atom. The number of rotatable bonds is 9. The van der Waals surface area contributed by atoms with Crippen LogP contribution in [0.1, 0.15) is 22.0 Å². The summed E-state index contributed by atoms with van der Waals surface area (Å²) in [5.41, 5.74) is 0.744. The molecule has 0 saturated carbocycles. The van der Waals surface area contributed by atoms with Crippen molar-refractivity contribution in [1.82, 2.24) is 5.32 Å². The third kappa shape index (κ3) is 6.73. The lowest BCUT2D eigenvalue weighted by atomic mass is 10.1. The largest absolute Gasteiger partial charge is 0.493 e. The van der Waals surface area contributed by atoms with Gasteiger partial charge in [0.05, 0.1) is 32.0 Å². The highest BCUT2D eigenvalue weighted by molar-refractivity contribution is 6.10. The van der Waals surface area contributed by atoms with Gasteiger partial charge in [-0.15, -0.1) is 0 Å². The monoisotopic (exact) mass is 487 g/mol. The number of carbonyl (C=O) groups is 2. The van der Waals surface area contributed by atoms with E-state index in [0.717, 1.165) is 0 Å². The third-order valence-electron chi connectivity index (χ3n) is 5.01. The van der Waals surface area contributed by atoms with E-state index in [4.69, 9.17) is 9.47 Å². The minimum Gasteiger partial charge on any atom is -0.493 e. The van der Waals surface area contributed by atoms with Gasteiger partial charge in [-0.2, -0.15) is 13.2 Å². The first kappa shape index (κ1) is 25.6. The average molecular weight is 487 g/mol. The van der Waals surface area contributed by atoms with Gasteiger partial charge in [-0.05, 0) is 42.0 Å². The van der Waals surface area contributed by atoms with Crippen LogP contribution in [-0.4, -0.2) is 38.8 Å². The fraction of sp³-hybridized carbons (Fsp3) is 0.200. The van der Waals surface area contributed by atoms with Gasteiger partial charge in [0.1, 0.15) is 6.04 Å². The SMILES string of the molecule is COc1ccc([C@H](NCC(=O)Nc2ccccc2C(=O)Nc2ccccc2)C(F)(F)F)cc1OC. The number of para-hydroxylation sites is 2. The zero-order valence-corrected chi connectivity index (χ0v) is 19.0. The van der Waals surface area contributed by atoms with Crippen molar-refractivity contribution in [3.05, 3.63) is 83.9 Å². The van der Waals surface area contributed by atoms with Gasteiger partial charge in [-0.25, -0.2) is 0 Å². The van der Waals surface area contributed by atoms with Gasteiger partial charge in [0.2, 0.25) is 5.91 Å². The molecule has 0 saturated heterocycles. The molecule has 2 amide bonds. The Kier molecular flexibility index (Phi) is 8.32. The topological polar surface area (TPSA) is 88.7 Å². The Hall–Kier alpha value is -4.05. The van der Waals surface area contributed by atoms with Gasteiger partial charge >= 0.3 is 6.18 Å². The van der Waals surface area contributed by atoms with E-state index in [9.17, 15) is 22.8 Å². The first-order valence-corrected chi connectivity index (χ1v) is 10.5. The van der Waals surface area contributed by atoms with E-state index in [1.54, 1.807) is 42.5 Å². The van der Waals surface area contributed by atoms with Crippen LogP contribution < -0.4 is 25.4 Å². The molecule has 3 rings (SSSR count). The number of methoxy groups -OCH3 is 2. The Balaban J connectivity index is 1.71. The Labute approximate surface area is 200 Å². The lowest BCUT2D eigenvalue weighted by Gasteiger charge is -2.23. The molecular weight excluding hydrogens is 463 g/mol. The summed E-state index contributed by atoms with van der Waals surface area (Å²) in [6.45, 7) is -0.660. The summed E-state index contributed by atoms with van der Waals surface area (Å²) in [4.78, 5) is 25.2. The van der Waals surface area contributed by atoms with Gasteiger partial charge in [0, 0.05) is 5.69 Å². The molecule has 0 heterocycles. The number of hydrogen-bond donors (Lipinski definition) is 3. The number of ether oxygens (including phenoxy) is 2. The molecule has 35 heavy (non-hydrogen) atoms. The van der Waals surface area contributed by atoms with Gasteiger partial charge in [0.25, 0.3) is 5.91 Å². The minimum atomic E-state index is -4.69. The molecule has 0 aromatic heterocycles. The van der Waals surface area contributed by atoms with E-state index < -0.39 is 30.6 Å². The number of halogens is 3. The van der Waals surface area contributed by atoms with E-state index in [2.05, 4.69) is 16.0 Å². The molecule has 3 aromatic rings. The first-order chi connectivity index (χ1) is 16.7. The van der Waals surface area contributed by atoms with Crippen molar-refractivity contribution in [2.45, 2.75) is 12.2 Å². The lowest BCUT2D eigenvalue weighted by Crippen LogP contribution is -2.39. The second-order valence-electron chi connectivity index (χ2n) is 7.38. The zero-order chi connectivity index (χ0) is 25.4. The molecule has 0 aliphatic carbocycles. The molecule has 7 nitrogen and oxygen atoms in total. The first-order valence-electron chi connectivity index (χ1n) is 10.5. The molecule has 10 heteroatoms. The van der Waals surface area contributed by atoms with Gasteiger partial charge in [-0.3, -0.25) is 14.9 Å². The minimum absolute atomic E-state index is 0.129. The number of benzene rings is 3. The summed E-state index contributed by atoms with van der Waals surface area (Å²) in [5, 5.41) is 7.45. The second kappa shape index (κ2) is 11.4. The molecule has 3 aromatic carbocycles. The fourth-order valence-corrected chi connectivity index (χ4v) is 3.35. The Morgan fingerprint density at radius 1 is 0.857 bits per heavy atom. The van der Waals surface area contributed by atoms with E-state index >= 15 is 0 Å². The number of nitrogens with one attached hydrogen (secondary N) is 3. The lowest BCUT2D eigenvalue weighted by molar-refractivity contribution is -0.158. The van der Waals surface area contributed by atoms with Crippen LogP contribution in [0.15, 0.2) is 72.8 Å². The number of alkyl halides is 3. The van der Waals surface area contributed by atoms with E-state index in [-0.39, 0.29) is 28.3 Å². The van der Waals surface area contributed by atoms with E-state index in [1.165, 1.54) is 44.6 Å². The molecule has 0 aliphatic rings. The maximum atomic E-state index is 13.8. The highest BCUT2D eigenvalue weighted by Gasteiger charge is 2.41. The van der Waals surface area contributed by atoms with Crippen LogP contribution in [-0.2, 0) is 4.79 Å². The summed E-state index contributed by atoms with van der Waals surface area (Å²) >= 11 is 0. The normalized spacial score (nSPS) is 11.9. The predicted octanol–water partition coefficient (Wildman–Crippen LogP) is 4.79. The van der Waals surface area contributed by atoms with Crippen LogP contribution in [0, 0.1) is 0 Å². The zero-order valence-electron chi connectivity index (χ0n) is 19.0. The maximum Gasteiger partial charge on any atom is 0.407 e. The molecule has 0 unspecified atom stereocenters. The molecule has 0 aliphatic heterocycles. The number of carbonyl (C=O) groups excluding carboxylic acids is 2. The van der Waals surface area contributed by atoms with Gasteiger partial charge < -0.3 is 20.1 Å². The Morgan fingerprint density at radius 3 is 2.17 bits per heavy atom. The van der Waals surface area contributed by atoms with Crippen molar-refractivity contribution in [2.75, 3.05) is 31.4 Å². The summed E-state index contributed by atoms with van der Waals surface area (Å²) in [5.74, 6) is -0.817. The molecule has 0 spiro atoms. The molecule has 1 atom stereocenters. The summed E-state index contributed by atoms with van der Waals surface area (Å²) in [6, 6.07) is 16.6. The van der Waals surface area contributed by atoms with E-state index in [0.29, 0.717) is 5.69 Å². The van der Waals surface area contributed by atoms with Gasteiger partial charge in [0.15, 0.2) is 11.5 Å². The van der Waals surface area contributed by atoms with Crippen LogP contribution >= 0.6 is 0 Å². The number of hydrogen-bond acceptors (Lipinski definition) is 5. The number of anilines is 2. The predicted molar refractivity (Wildman–Crippen MR) is 126 cm³/mol. The van der Waals surface area contributed by atoms with E-state index in [1.807, 2.05) is 0 Å². The molecule has 184 valence electrons. The van der Waals surface area contributed by atoms with Crippen molar-refractivity contribution in [2.24, 2.45) is 0 Å². The number of amides is 2. The molecule has 0 radical (unpaired) electrons. The summed E-state index contributed by atoms with van der Waals surface area (Å²) in [6.07, 6.45) is -4.69. The molecule has 0 bridgehead atoms.